The number of hydrogen-bond acceptors (Lipinski definition) is 10. The summed E-state index contributed by atoms with van der Waals surface area (Å²) >= 11 is 6.42. The fourth-order valence-electron chi connectivity index (χ4n) is 5.52. The maximum atomic E-state index is 13.3. The number of rotatable bonds is 5. The Balaban J connectivity index is 1.57. The van der Waals surface area contributed by atoms with Gasteiger partial charge >= 0.3 is 11.9 Å². The Labute approximate surface area is 233 Å². The Morgan fingerprint density at radius 3 is 2.67 bits per heavy atom. The average molecular weight is 571 g/mol. The summed E-state index contributed by atoms with van der Waals surface area (Å²) in [5.41, 5.74) is 0. The number of carbonyl (C=O) groups excluding carboxylic acids is 2. The van der Waals surface area contributed by atoms with Gasteiger partial charge in [-0.15, -0.1) is 0 Å². The molecule has 218 valence electrons. The quantitative estimate of drug-likeness (QED) is 0.375. The maximum Gasteiger partial charge on any atom is 0.335 e. The molecule has 3 saturated heterocycles. The van der Waals surface area contributed by atoms with Crippen LogP contribution in [0.5, 0.6) is 0 Å². The molecular formula is C28H39ClO10. The van der Waals surface area contributed by atoms with Gasteiger partial charge in [-0.25, -0.2) is 4.79 Å². The zero-order chi connectivity index (χ0) is 28.5. The Morgan fingerprint density at radius 2 is 1.95 bits per heavy atom. The average Bonchev–Trinajstić information content (AvgIpc) is 3.55. The van der Waals surface area contributed by atoms with Crippen molar-refractivity contribution in [1.29, 1.82) is 0 Å². The molecule has 11 heteroatoms. The van der Waals surface area contributed by atoms with Gasteiger partial charge in [0.2, 0.25) is 0 Å². The van der Waals surface area contributed by atoms with Crippen molar-refractivity contribution in [3.63, 3.8) is 0 Å². The van der Waals surface area contributed by atoms with Crippen molar-refractivity contribution in [3.8, 4) is 0 Å². The zero-order valence-corrected chi connectivity index (χ0v) is 23.7. The Kier molecular flexibility index (Phi) is 9.58. The van der Waals surface area contributed by atoms with E-state index in [2.05, 4.69) is 4.74 Å². The predicted octanol–water partition coefficient (Wildman–Crippen LogP) is 2.54. The number of allylic oxidation sites excluding steroid dienone is 3. The first-order chi connectivity index (χ1) is 18.4. The lowest BCUT2D eigenvalue weighted by Gasteiger charge is -2.25. The van der Waals surface area contributed by atoms with E-state index in [1.54, 1.807) is 24.3 Å². The molecule has 0 spiro atoms. The fraction of sp³-hybridized carbons (Fsp3) is 0.714. The zero-order valence-electron chi connectivity index (χ0n) is 22.9. The predicted molar refractivity (Wildman–Crippen MR) is 139 cm³/mol. The Hall–Kier alpha value is -1.79. The lowest BCUT2D eigenvalue weighted by molar-refractivity contribution is -0.175. The first-order valence-corrected chi connectivity index (χ1v) is 13.8. The van der Waals surface area contributed by atoms with Crippen molar-refractivity contribution in [2.45, 2.75) is 108 Å². The van der Waals surface area contributed by atoms with Gasteiger partial charge in [0.1, 0.15) is 36.6 Å². The van der Waals surface area contributed by atoms with Gasteiger partial charge in [0.25, 0.3) is 0 Å². The second-order valence-corrected chi connectivity index (χ2v) is 11.7. The van der Waals surface area contributed by atoms with Crippen LogP contribution in [0.4, 0.5) is 0 Å². The fourth-order valence-corrected chi connectivity index (χ4v) is 5.74. The number of ether oxygens (including phenoxy) is 6. The standard InChI is InChI=1S/C28H39ClO10/c1-14(11-22(31)34-5)9-10-17(30)25-21-13-19(35-25)23(32)16(29)7-6-8-18-26(39-28(3,4)38-18)20-12-15(2)24(36-20)27(33)37-21/h6-10,14-15,17-21,23-26,30,32H,11-13H2,1-5H3/b8-6-,10-9+,16-7-/t14-,15+,17+,18+,19+,20+,21-,23+,24+,25-,26-/m0/s1. The van der Waals surface area contributed by atoms with E-state index in [1.165, 1.54) is 13.2 Å². The lowest BCUT2D eigenvalue weighted by atomic mass is 9.97. The van der Waals surface area contributed by atoms with Crippen LogP contribution in [0.2, 0.25) is 0 Å². The molecule has 39 heavy (non-hydrogen) atoms. The van der Waals surface area contributed by atoms with Crippen molar-refractivity contribution in [1.82, 2.24) is 0 Å². The molecule has 0 aliphatic carbocycles. The topological polar surface area (TPSA) is 130 Å². The second-order valence-electron chi connectivity index (χ2n) is 11.2. The van der Waals surface area contributed by atoms with Crippen LogP contribution in [0.15, 0.2) is 35.4 Å². The summed E-state index contributed by atoms with van der Waals surface area (Å²) in [6.07, 6.45) is 1.82. The normalized spacial score (nSPS) is 42.0. The lowest BCUT2D eigenvalue weighted by Crippen LogP contribution is -2.40. The number of methoxy groups -OCH3 is 1. The molecule has 4 aliphatic heterocycles. The molecule has 0 unspecified atom stereocenters. The molecule has 4 aliphatic rings. The minimum Gasteiger partial charge on any atom is -0.469 e. The van der Waals surface area contributed by atoms with Gasteiger partial charge in [-0.05, 0) is 38.2 Å². The molecule has 0 saturated carbocycles. The number of esters is 2. The van der Waals surface area contributed by atoms with E-state index in [9.17, 15) is 19.8 Å². The minimum atomic E-state index is -1.22. The molecule has 3 fully saturated rings. The van der Waals surface area contributed by atoms with Crippen LogP contribution in [-0.4, -0.2) is 90.0 Å². The van der Waals surface area contributed by atoms with E-state index >= 15 is 0 Å². The van der Waals surface area contributed by atoms with E-state index in [4.69, 9.17) is 35.3 Å². The van der Waals surface area contributed by atoms with Crippen LogP contribution in [0.25, 0.3) is 0 Å². The molecule has 2 N–H and O–H groups in total. The van der Waals surface area contributed by atoms with E-state index in [1.807, 2.05) is 27.7 Å². The van der Waals surface area contributed by atoms with Gasteiger partial charge in [-0.3, -0.25) is 4.79 Å². The van der Waals surface area contributed by atoms with Gasteiger partial charge < -0.3 is 38.6 Å². The first-order valence-electron chi connectivity index (χ1n) is 13.4. The van der Waals surface area contributed by atoms with Crippen LogP contribution >= 0.6 is 11.6 Å². The number of fused-ring (bicyclic) bond motifs is 6. The van der Waals surface area contributed by atoms with Crippen LogP contribution in [0, 0.1) is 11.8 Å². The monoisotopic (exact) mass is 570 g/mol. The van der Waals surface area contributed by atoms with Gasteiger partial charge in [-0.1, -0.05) is 49.8 Å². The number of hydrogen-bond donors (Lipinski definition) is 2. The van der Waals surface area contributed by atoms with Crippen molar-refractivity contribution in [2.24, 2.45) is 11.8 Å². The van der Waals surface area contributed by atoms with Crippen molar-refractivity contribution in [2.75, 3.05) is 7.11 Å². The van der Waals surface area contributed by atoms with Crippen LogP contribution < -0.4 is 0 Å². The highest BCUT2D eigenvalue weighted by Crippen LogP contribution is 2.39. The number of halogens is 1. The third kappa shape index (κ3) is 7.11. The summed E-state index contributed by atoms with van der Waals surface area (Å²) in [7, 11) is 1.31. The van der Waals surface area contributed by atoms with E-state index < -0.39 is 66.7 Å². The molecule has 4 rings (SSSR count). The van der Waals surface area contributed by atoms with Crippen LogP contribution in [0.3, 0.4) is 0 Å². The molecular weight excluding hydrogens is 532 g/mol. The molecule has 0 aromatic rings. The summed E-state index contributed by atoms with van der Waals surface area (Å²) in [5, 5.41) is 22.0. The maximum absolute atomic E-state index is 13.3. The molecule has 11 atom stereocenters. The highest BCUT2D eigenvalue weighted by atomic mass is 35.5. The number of aliphatic hydroxyl groups is 2. The Bertz CT molecular complexity index is 993. The summed E-state index contributed by atoms with van der Waals surface area (Å²) in [6, 6.07) is 0. The first kappa shape index (κ1) is 30.2. The summed E-state index contributed by atoms with van der Waals surface area (Å²) in [4.78, 5) is 24.9. The molecule has 0 radical (unpaired) electrons. The second kappa shape index (κ2) is 12.4. The molecule has 0 aromatic carbocycles. The highest BCUT2D eigenvalue weighted by Gasteiger charge is 2.51. The SMILES string of the molecule is COC(=O)C[C@@H](C)/C=C/[C@@H](O)[C@@H]1O[C@@H]2C[C@@H]1OC(=O)[C@@H]1O[C@H](C[C@H]1C)[C@H]1OC(C)(C)O[C@@H]1/C=C\C=C(/Cl)[C@H]2O. The largest absolute Gasteiger partial charge is 0.469 e. The molecule has 0 aromatic heterocycles. The third-order valence-corrected chi connectivity index (χ3v) is 7.87. The van der Waals surface area contributed by atoms with Crippen molar-refractivity contribution in [3.05, 3.63) is 35.4 Å². The van der Waals surface area contributed by atoms with Crippen molar-refractivity contribution >= 4 is 23.5 Å². The Morgan fingerprint density at radius 1 is 1.21 bits per heavy atom. The summed E-state index contributed by atoms with van der Waals surface area (Å²) in [6.45, 7) is 7.35. The van der Waals surface area contributed by atoms with Crippen LogP contribution in [0.1, 0.15) is 47.0 Å². The van der Waals surface area contributed by atoms with Gasteiger partial charge in [0, 0.05) is 11.5 Å². The smallest absolute Gasteiger partial charge is 0.335 e. The minimum absolute atomic E-state index is 0.115. The van der Waals surface area contributed by atoms with E-state index in [-0.39, 0.29) is 35.7 Å². The van der Waals surface area contributed by atoms with Crippen LogP contribution in [-0.2, 0) is 38.0 Å². The third-order valence-electron chi connectivity index (χ3n) is 7.52. The molecule has 4 heterocycles. The number of carbonyl (C=O) groups is 2. The summed E-state index contributed by atoms with van der Waals surface area (Å²) in [5.74, 6) is -2.14. The van der Waals surface area contributed by atoms with E-state index in [0.29, 0.717) is 6.42 Å². The summed E-state index contributed by atoms with van der Waals surface area (Å²) < 4.78 is 34.9. The van der Waals surface area contributed by atoms with E-state index in [0.717, 1.165) is 0 Å². The highest BCUT2D eigenvalue weighted by molar-refractivity contribution is 6.30. The van der Waals surface area contributed by atoms with Gasteiger partial charge in [0.05, 0.1) is 25.7 Å². The molecule has 0 amide bonds. The molecule has 4 bridgehead atoms. The number of aliphatic hydroxyl groups excluding tert-OH is 2. The van der Waals surface area contributed by atoms with Gasteiger partial charge in [0.15, 0.2) is 11.9 Å². The van der Waals surface area contributed by atoms with Gasteiger partial charge in [-0.2, -0.15) is 0 Å². The molecule has 10 nitrogen and oxygen atoms in total. The van der Waals surface area contributed by atoms with Crippen molar-refractivity contribution < 1.29 is 48.2 Å².